The van der Waals surface area contributed by atoms with Crippen molar-refractivity contribution in [2.45, 2.75) is 153 Å². The van der Waals surface area contributed by atoms with E-state index in [1.54, 1.807) is 52.4 Å². The van der Waals surface area contributed by atoms with E-state index in [9.17, 15) is 19.2 Å². The Morgan fingerprint density at radius 3 is 1.21 bits per heavy atom. The molecule has 0 radical (unpaired) electrons. The third-order valence-electron chi connectivity index (χ3n) is 11.4. The van der Waals surface area contributed by atoms with Gasteiger partial charge in [0.05, 0.1) is 33.0 Å². The maximum atomic E-state index is 10.8. The molecule has 3 aliphatic carbocycles. The van der Waals surface area contributed by atoms with Crippen molar-refractivity contribution in [1.82, 2.24) is 0 Å². The molecule has 6 N–H and O–H groups in total. The number of fused-ring (bicyclic) bond motifs is 5. The van der Waals surface area contributed by atoms with Gasteiger partial charge in [0, 0.05) is 59.0 Å². The minimum Gasteiger partial charge on any atom is -0.490 e. The maximum Gasteiger partial charge on any atom is 0.302 e. The molecule has 3 aliphatic rings. The van der Waals surface area contributed by atoms with Gasteiger partial charge in [0.2, 0.25) is 0 Å². The first kappa shape index (κ1) is 74.4. The second kappa shape index (κ2) is 49.1. The number of hydrogen-bond donors (Lipinski definition) is 6. The molecule has 16 heteroatoms. The van der Waals surface area contributed by atoms with E-state index in [4.69, 9.17) is 54.3 Å². The van der Waals surface area contributed by atoms with Crippen molar-refractivity contribution in [1.29, 1.82) is 0 Å². The molecule has 4 atom stereocenters. The number of aliphatic hydroxyl groups is 6. The van der Waals surface area contributed by atoms with E-state index >= 15 is 0 Å². The lowest BCUT2D eigenvalue weighted by molar-refractivity contribution is -0.142. The van der Waals surface area contributed by atoms with E-state index in [1.807, 2.05) is 55.5 Å². The van der Waals surface area contributed by atoms with Crippen LogP contribution in [0.5, 0.6) is 11.5 Å². The lowest BCUT2D eigenvalue weighted by Gasteiger charge is -2.26. The number of benzene rings is 2. The Labute approximate surface area is 434 Å². The molecule has 2 aromatic rings. The summed E-state index contributed by atoms with van der Waals surface area (Å²) in [6.45, 7) is 16.9. The van der Waals surface area contributed by atoms with Crippen molar-refractivity contribution in [2.75, 3.05) is 85.9 Å². The highest BCUT2D eigenvalue weighted by Crippen LogP contribution is 2.58. The molecule has 16 nitrogen and oxygen atoms in total. The van der Waals surface area contributed by atoms with Crippen molar-refractivity contribution >= 4 is 23.7 Å². The molecule has 0 heterocycles. The lowest BCUT2D eigenvalue weighted by Crippen LogP contribution is -2.19. The Morgan fingerprint density at radius 2 is 0.917 bits per heavy atom. The Morgan fingerprint density at radius 1 is 0.514 bits per heavy atom. The van der Waals surface area contributed by atoms with Gasteiger partial charge in [-0.25, -0.2) is 0 Å². The fourth-order valence-electron chi connectivity index (χ4n) is 8.07. The van der Waals surface area contributed by atoms with Crippen LogP contribution in [0.2, 0.25) is 0 Å². The number of esters is 3. The zero-order valence-corrected chi connectivity index (χ0v) is 43.9. The molecule has 0 saturated heterocycles. The van der Waals surface area contributed by atoms with Crippen LogP contribution in [0, 0.1) is 23.7 Å². The van der Waals surface area contributed by atoms with Gasteiger partial charge in [-0.05, 0) is 137 Å². The zero-order chi connectivity index (χ0) is 53.0. The third-order valence-corrected chi connectivity index (χ3v) is 11.4. The molecule has 4 unspecified atom stereocenters. The molecule has 3 saturated carbocycles. The molecule has 0 spiro atoms. The van der Waals surface area contributed by atoms with Gasteiger partial charge in [-0.3, -0.25) is 14.4 Å². The summed E-state index contributed by atoms with van der Waals surface area (Å²) < 4.78 is 30.2. The smallest absolute Gasteiger partial charge is 0.302 e. The molecular formula is C56H100O16. The molecule has 3 fully saturated rings. The van der Waals surface area contributed by atoms with E-state index < -0.39 is 0 Å². The molecular weight excluding hydrogens is 929 g/mol. The molecule has 5 rings (SSSR count). The monoisotopic (exact) mass is 1030 g/mol. The number of carbonyl (C=O) groups is 4. The highest BCUT2D eigenvalue weighted by atomic mass is 16.6. The topological polar surface area (TPSA) is 245 Å². The van der Waals surface area contributed by atoms with Crippen molar-refractivity contribution < 1.29 is 78.2 Å². The second-order valence-corrected chi connectivity index (χ2v) is 17.4. The van der Waals surface area contributed by atoms with E-state index in [-0.39, 0.29) is 96.8 Å². The summed E-state index contributed by atoms with van der Waals surface area (Å²) >= 11 is 0. The first-order valence-corrected chi connectivity index (χ1v) is 25.1. The number of ketones is 1. The number of aliphatic hydroxyl groups excluding tert-OH is 6. The fraction of sp³-hybridized carbons (Fsp3) is 0.714. The Balaban J connectivity index is -0.000000438. The average molecular weight is 1030 g/mol. The van der Waals surface area contributed by atoms with Gasteiger partial charge in [-0.1, -0.05) is 66.3 Å². The van der Waals surface area contributed by atoms with Crippen molar-refractivity contribution in [2.24, 2.45) is 23.7 Å². The summed E-state index contributed by atoms with van der Waals surface area (Å²) in [5.74, 6) is 5.71. The van der Waals surface area contributed by atoms with Crippen molar-refractivity contribution in [3.8, 4) is 11.5 Å². The number of unbranched alkanes of at least 4 members (excludes halogenated alkanes) is 2. The van der Waals surface area contributed by atoms with Crippen LogP contribution in [0.4, 0.5) is 0 Å². The third kappa shape index (κ3) is 38.5. The first-order valence-electron chi connectivity index (χ1n) is 25.1. The van der Waals surface area contributed by atoms with E-state index in [0.29, 0.717) is 33.0 Å². The number of carbonyl (C=O) groups excluding carboxylic acids is 4. The van der Waals surface area contributed by atoms with Gasteiger partial charge in [-0.2, -0.15) is 0 Å². The van der Waals surface area contributed by atoms with Crippen LogP contribution in [0.25, 0.3) is 0 Å². The van der Waals surface area contributed by atoms with Gasteiger partial charge in [0.15, 0.2) is 0 Å². The minimum absolute atomic E-state index is 0. The van der Waals surface area contributed by atoms with Crippen LogP contribution in [-0.4, -0.2) is 140 Å². The van der Waals surface area contributed by atoms with Crippen LogP contribution >= 0.6 is 0 Å². The standard InChI is InChI=1S/C23H28O6.C10H16.C6H14O3.C5H10O.C4H8O2.C4H10O2.C2H6O2.2CH4/c1-17(24)26-13-15-28-21-9-5-19(6-10-21)23(3,4)20-7-11-22(12-8-20)29-16-14-27-18(2)25;1-2-9-7-4-5-8(6-7)10(9)3-1;7-3-1-2-5-9-6-4-8;1-3-4-5(2)6;1-3-6-4(2)5;5-3-1-2-4-6;3-1-2-4;;/h5-12H,13-16H2,1-4H3;7-10H,1-6H2;7-8H,1-6H2;3-4H2,1-2H3;3H2,1-2H3;5-6H,1-4H2;3-4H,1-2H2;2*1H4. The van der Waals surface area contributed by atoms with Crippen LogP contribution in [0.15, 0.2) is 48.5 Å². The molecule has 0 aliphatic heterocycles. The minimum atomic E-state index is -0.313. The SMILES string of the molecule is C.C.C1CC2C3CCC(C3)C2C1.CC(=O)OCCOc1ccc(C(C)(C)c2ccc(OCCOC(C)=O)cc2)cc1.CCCC(C)=O.CCOC(C)=O.OCCCCO.OCCCCOCCO.OCCO. The zero-order valence-electron chi connectivity index (χ0n) is 43.9. The van der Waals surface area contributed by atoms with Gasteiger partial charge in [-0.15, -0.1) is 0 Å². The van der Waals surface area contributed by atoms with Crippen LogP contribution in [0.1, 0.15) is 158 Å². The Hall–Kier alpha value is -4.16. The molecule has 2 bridgehead atoms. The van der Waals surface area contributed by atoms with Crippen LogP contribution < -0.4 is 9.47 Å². The lowest BCUT2D eigenvalue weighted by atomic mass is 9.78. The molecule has 0 amide bonds. The van der Waals surface area contributed by atoms with Crippen molar-refractivity contribution in [3.63, 3.8) is 0 Å². The number of Topliss-reactive ketones (excluding diaryl/α,β-unsaturated/α-hetero) is 1. The summed E-state index contributed by atoms with van der Waals surface area (Å²) in [4.78, 5) is 41.4. The predicted molar refractivity (Wildman–Crippen MR) is 284 cm³/mol. The van der Waals surface area contributed by atoms with Crippen molar-refractivity contribution in [3.05, 3.63) is 59.7 Å². The summed E-state index contributed by atoms with van der Waals surface area (Å²) in [5, 5.41) is 48.0. The fourth-order valence-corrected chi connectivity index (χ4v) is 8.07. The average Bonchev–Trinajstić information content (AvgIpc) is 4.11. The summed E-state index contributed by atoms with van der Waals surface area (Å²) in [6, 6.07) is 15.8. The highest BCUT2D eigenvalue weighted by molar-refractivity contribution is 5.75. The van der Waals surface area contributed by atoms with E-state index in [2.05, 4.69) is 18.6 Å². The maximum absolute atomic E-state index is 10.8. The van der Waals surface area contributed by atoms with Crippen LogP contribution in [-0.2, 0) is 43.5 Å². The summed E-state index contributed by atoms with van der Waals surface area (Å²) in [6.07, 6.45) is 14.3. The number of hydrogen-bond acceptors (Lipinski definition) is 16. The van der Waals surface area contributed by atoms with E-state index in [1.165, 1.54) is 44.4 Å². The van der Waals surface area contributed by atoms with Crippen LogP contribution in [0.3, 0.4) is 0 Å². The summed E-state index contributed by atoms with van der Waals surface area (Å²) in [5.41, 5.74) is 2.09. The van der Waals surface area contributed by atoms with Gasteiger partial charge >= 0.3 is 17.9 Å². The highest BCUT2D eigenvalue weighted by Gasteiger charge is 2.48. The number of rotatable bonds is 23. The normalized spacial score (nSPS) is 16.1. The molecule has 420 valence electrons. The van der Waals surface area contributed by atoms with Gasteiger partial charge in [0.25, 0.3) is 0 Å². The predicted octanol–water partition coefficient (Wildman–Crippen LogP) is 8.44. The Bertz CT molecular complexity index is 1460. The molecule has 72 heavy (non-hydrogen) atoms. The molecule has 2 aromatic carbocycles. The molecule has 0 aromatic heterocycles. The van der Waals surface area contributed by atoms with Gasteiger partial charge in [0.1, 0.15) is 43.7 Å². The largest absolute Gasteiger partial charge is 0.490 e. The number of ether oxygens (including phenoxy) is 6. The Kier molecular flexibility index (Phi) is 50.7. The van der Waals surface area contributed by atoms with E-state index in [0.717, 1.165) is 61.2 Å². The quantitative estimate of drug-likeness (QED) is 0.0347. The first-order chi connectivity index (χ1) is 33.5. The summed E-state index contributed by atoms with van der Waals surface area (Å²) in [7, 11) is 0. The van der Waals surface area contributed by atoms with Gasteiger partial charge < -0.3 is 63.9 Å². The second-order valence-electron chi connectivity index (χ2n) is 17.4.